The maximum Gasteiger partial charge on any atom is 0.0753 e. The van der Waals surface area contributed by atoms with Gasteiger partial charge in [0.1, 0.15) is 0 Å². The van der Waals surface area contributed by atoms with E-state index >= 15 is 0 Å². The van der Waals surface area contributed by atoms with Gasteiger partial charge < -0.3 is 15.7 Å². The predicted molar refractivity (Wildman–Crippen MR) is 63.7 cm³/mol. The van der Waals surface area contributed by atoms with E-state index in [1.807, 2.05) is 6.92 Å². The van der Waals surface area contributed by atoms with Gasteiger partial charge >= 0.3 is 0 Å². The summed E-state index contributed by atoms with van der Waals surface area (Å²) < 4.78 is 0. The summed E-state index contributed by atoms with van der Waals surface area (Å²) >= 11 is 0. The van der Waals surface area contributed by atoms with Crippen LogP contribution in [-0.2, 0) is 0 Å². The van der Waals surface area contributed by atoms with Crippen LogP contribution >= 0.6 is 0 Å². The molecule has 0 saturated carbocycles. The highest BCUT2D eigenvalue weighted by molar-refractivity contribution is 4.81. The van der Waals surface area contributed by atoms with E-state index in [9.17, 15) is 5.11 Å². The standard InChI is InChI=1S/C12H26N2O/c1-10-5-4-7-14(11(10)2)8-6-12(3,15)9-13/h10-11,15H,4-9,13H2,1-3H3. The first-order valence-electron chi connectivity index (χ1n) is 6.13. The van der Waals surface area contributed by atoms with Gasteiger partial charge in [-0.3, -0.25) is 0 Å². The van der Waals surface area contributed by atoms with Crippen LogP contribution in [-0.4, -0.2) is 41.3 Å². The average molecular weight is 214 g/mol. The summed E-state index contributed by atoms with van der Waals surface area (Å²) in [5.41, 5.74) is 4.82. The molecule has 3 unspecified atom stereocenters. The SMILES string of the molecule is CC1CCCN(CCC(C)(O)CN)C1C. The van der Waals surface area contributed by atoms with E-state index in [0.717, 1.165) is 18.9 Å². The van der Waals surface area contributed by atoms with Crippen molar-refractivity contribution in [1.29, 1.82) is 0 Å². The molecule has 3 N–H and O–H groups in total. The average Bonchev–Trinajstić information content (AvgIpc) is 2.20. The van der Waals surface area contributed by atoms with Gasteiger partial charge in [0, 0.05) is 19.1 Å². The number of likely N-dealkylation sites (tertiary alicyclic amines) is 1. The van der Waals surface area contributed by atoms with Crippen molar-refractivity contribution in [1.82, 2.24) is 4.90 Å². The van der Waals surface area contributed by atoms with Crippen LogP contribution in [0, 0.1) is 5.92 Å². The lowest BCUT2D eigenvalue weighted by atomic mass is 9.91. The number of hydrogen-bond acceptors (Lipinski definition) is 3. The number of rotatable bonds is 4. The highest BCUT2D eigenvalue weighted by atomic mass is 16.3. The van der Waals surface area contributed by atoms with Crippen molar-refractivity contribution in [3.8, 4) is 0 Å². The van der Waals surface area contributed by atoms with Crippen molar-refractivity contribution in [2.75, 3.05) is 19.6 Å². The maximum absolute atomic E-state index is 9.85. The van der Waals surface area contributed by atoms with E-state index in [1.165, 1.54) is 19.4 Å². The van der Waals surface area contributed by atoms with E-state index in [4.69, 9.17) is 5.73 Å². The molecule has 0 aromatic heterocycles. The fourth-order valence-corrected chi connectivity index (χ4v) is 2.22. The maximum atomic E-state index is 9.85. The van der Waals surface area contributed by atoms with Crippen molar-refractivity contribution in [2.45, 2.75) is 51.7 Å². The molecule has 0 aromatic carbocycles. The van der Waals surface area contributed by atoms with Crippen LogP contribution in [0.2, 0.25) is 0 Å². The molecule has 3 nitrogen and oxygen atoms in total. The molecule has 1 aliphatic heterocycles. The predicted octanol–water partition coefficient (Wildman–Crippen LogP) is 1.21. The molecule has 3 heteroatoms. The Balaban J connectivity index is 2.37. The summed E-state index contributed by atoms with van der Waals surface area (Å²) in [4.78, 5) is 2.48. The topological polar surface area (TPSA) is 49.5 Å². The number of piperidine rings is 1. The molecule has 1 fully saturated rings. The minimum absolute atomic E-state index is 0.352. The third-order valence-corrected chi connectivity index (χ3v) is 3.88. The molecule has 0 spiro atoms. The Morgan fingerprint density at radius 1 is 1.47 bits per heavy atom. The summed E-state index contributed by atoms with van der Waals surface area (Å²) in [5.74, 6) is 0.779. The summed E-state index contributed by atoms with van der Waals surface area (Å²) in [6.07, 6.45) is 3.40. The number of hydrogen-bond donors (Lipinski definition) is 2. The molecule has 1 aliphatic rings. The zero-order valence-electron chi connectivity index (χ0n) is 10.4. The lowest BCUT2D eigenvalue weighted by Crippen LogP contribution is -2.46. The van der Waals surface area contributed by atoms with Gasteiger partial charge in [0.15, 0.2) is 0 Å². The second kappa shape index (κ2) is 5.28. The summed E-state index contributed by atoms with van der Waals surface area (Å²) in [6.45, 7) is 8.93. The van der Waals surface area contributed by atoms with E-state index < -0.39 is 5.60 Å². The van der Waals surface area contributed by atoms with Crippen molar-refractivity contribution in [2.24, 2.45) is 11.7 Å². The first-order valence-corrected chi connectivity index (χ1v) is 6.13. The van der Waals surface area contributed by atoms with E-state index in [2.05, 4.69) is 18.7 Å². The van der Waals surface area contributed by atoms with E-state index in [-0.39, 0.29) is 0 Å². The van der Waals surface area contributed by atoms with Gasteiger partial charge in [0.05, 0.1) is 5.60 Å². The molecule has 0 bridgehead atoms. The van der Waals surface area contributed by atoms with Gasteiger partial charge in [-0.05, 0) is 45.6 Å². The fourth-order valence-electron chi connectivity index (χ4n) is 2.22. The summed E-state index contributed by atoms with van der Waals surface area (Å²) in [6, 6.07) is 0.646. The van der Waals surface area contributed by atoms with Crippen LogP contribution in [0.25, 0.3) is 0 Å². The van der Waals surface area contributed by atoms with Crippen LogP contribution in [0.4, 0.5) is 0 Å². The monoisotopic (exact) mass is 214 g/mol. The van der Waals surface area contributed by atoms with Crippen LogP contribution in [0.15, 0.2) is 0 Å². The van der Waals surface area contributed by atoms with Crippen molar-refractivity contribution in [3.05, 3.63) is 0 Å². The second-order valence-electron chi connectivity index (χ2n) is 5.35. The minimum Gasteiger partial charge on any atom is -0.389 e. The Bertz CT molecular complexity index is 194. The molecular formula is C12H26N2O. The number of nitrogens with zero attached hydrogens (tertiary/aromatic N) is 1. The Labute approximate surface area is 93.6 Å². The molecule has 15 heavy (non-hydrogen) atoms. The van der Waals surface area contributed by atoms with Crippen LogP contribution in [0.3, 0.4) is 0 Å². The first-order chi connectivity index (χ1) is 6.96. The first kappa shape index (κ1) is 12.9. The van der Waals surface area contributed by atoms with Crippen LogP contribution < -0.4 is 5.73 Å². The molecule has 1 saturated heterocycles. The van der Waals surface area contributed by atoms with E-state index in [1.54, 1.807) is 0 Å². The number of nitrogens with two attached hydrogens (primary N) is 1. The van der Waals surface area contributed by atoms with E-state index in [0.29, 0.717) is 12.6 Å². The number of aliphatic hydroxyl groups is 1. The lowest BCUT2D eigenvalue weighted by molar-refractivity contribution is 0.0302. The van der Waals surface area contributed by atoms with Gasteiger partial charge in [-0.2, -0.15) is 0 Å². The molecule has 0 aliphatic carbocycles. The van der Waals surface area contributed by atoms with Crippen LogP contribution in [0.1, 0.15) is 40.0 Å². The zero-order valence-corrected chi connectivity index (χ0v) is 10.4. The Morgan fingerprint density at radius 3 is 2.73 bits per heavy atom. The third kappa shape index (κ3) is 3.74. The Hall–Kier alpha value is -0.120. The molecule has 0 radical (unpaired) electrons. The molecule has 1 rings (SSSR count). The van der Waals surface area contributed by atoms with Crippen LogP contribution in [0.5, 0.6) is 0 Å². The van der Waals surface area contributed by atoms with Gasteiger partial charge in [-0.15, -0.1) is 0 Å². The van der Waals surface area contributed by atoms with Crippen molar-refractivity contribution >= 4 is 0 Å². The molecule has 0 aromatic rings. The van der Waals surface area contributed by atoms with Gasteiger partial charge in [-0.25, -0.2) is 0 Å². The van der Waals surface area contributed by atoms with Gasteiger partial charge in [-0.1, -0.05) is 6.92 Å². The Morgan fingerprint density at radius 2 is 2.13 bits per heavy atom. The normalized spacial score (nSPS) is 32.6. The molecular weight excluding hydrogens is 188 g/mol. The van der Waals surface area contributed by atoms with Crippen molar-refractivity contribution < 1.29 is 5.11 Å². The summed E-state index contributed by atoms with van der Waals surface area (Å²) in [7, 11) is 0. The third-order valence-electron chi connectivity index (χ3n) is 3.88. The molecule has 0 amide bonds. The molecule has 3 atom stereocenters. The molecule has 90 valence electrons. The fraction of sp³-hybridized carbons (Fsp3) is 1.00. The molecule has 1 heterocycles. The Kier molecular flexibility index (Phi) is 4.56. The van der Waals surface area contributed by atoms with Crippen molar-refractivity contribution in [3.63, 3.8) is 0 Å². The van der Waals surface area contributed by atoms with Gasteiger partial charge in [0.2, 0.25) is 0 Å². The summed E-state index contributed by atoms with van der Waals surface area (Å²) in [5, 5.41) is 9.85. The lowest BCUT2D eigenvalue weighted by Gasteiger charge is -2.39. The van der Waals surface area contributed by atoms with Gasteiger partial charge in [0.25, 0.3) is 0 Å². The largest absolute Gasteiger partial charge is 0.389 e. The quantitative estimate of drug-likeness (QED) is 0.739. The smallest absolute Gasteiger partial charge is 0.0753 e. The highest BCUT2D eigenvalue weighted by Gasteiger charge is 2.26. The minimum atomic E-state index is -0.694. The highest BCUT2D eigenvalue weighted by Crippen LogP contribution is 2.23. The zero-order chi connectivity index (χ0) is 11.5. The second-order valence-corrected chi connectivity index (χ2v) is 5.35.